The van der Waals surface area contributed by atoms with Gasteiger partial charge < -0.3 is 21.7 Å². The maximum absolute atomic E-state index is 11.7. The standard InChI is InChI=1S/C11H22N4O4/c12-6-8(16)4-7(13)5-10(17)14-15-3-1-2-9(15)11(18)19/h7-9,16H,1-6,12-13H2,(H,14,17)(H,18,19)/t7-,8-,9-/m1/s1. The van der Waals surface area contributed by atoms with E-state index in [4.69, 9.17) is 16.6 Å². The zero-order chi connectivity index (χ0) is 14.4. The summed E-state index contributed by atoms with van der Waals surface area (Å²) in [6.45, 7) is 0.617. The average molecular weight is 274 g/mol. The summed E-state index contributed by atoms with van der Waals surface area (Å²) in [5.41, 5.74) is 13.5. The second kappa shape index (κ2) is 7.39. The molecular weight excluding hydrogens is 252 g/mol. The van der Waals surface area contributed by atoms with Gasteiger partial charge in [0.25, 0.3) is 0 Å². The Bertz CT molecular complexity index is 326. The third-order valence-electron chi connectivity index (χ3n) is 3.10. The van der Waals surface area contributed by atoms with Crippen LogP contribution in [0.2, 0.25) is 0 Å². The van der Waals surface area contributed by atoms with E-state index in [1.165, 1.54) is 5.01 Å². The fraction of sp³-hybridized carbons (Fsp3) is 0.818. The van der Waals surface area contributed by atoms with Crippen LogP contribution in [-0.4, -0.2) is 58.4 Å². The maximum Gasteiger partial charge on any atom is 0.322 e. The molecule has 0 aliphatic carbocycles. The van der Waals surface area contributed by atoms with Gasteiger partial charge in [-0.25, -0.2) is 5.01 Å². The summed E-state index contributed by atoms with van der Waals surface area (Å²) in [7, 11) is 0. The van der Waals surface area contributed by atoms with Gasteiger partial charge >= 0.3 is 5.97 Å². The van der Waals surface area contributed by atoms with E-state index in [9.17, 15) is 14.7 Å². The molecule has 1 saturated heterocycles. The molecule has 0 aromatic carbocycles. The lowest BCUT2D eigenvalue weighted by atomic mass is 10.1. The lowest BCUT2D eigenvalue weighted by molar-refractivity contribution is -0.144. The van der Waals surface area contributed by atoms with Crippen molar-refractivity contribution in [1.29, 1.82) is 0 Å². The van der Waals surface area contributed by atoms with E-state index in [1.807, 2.05) is 0 Å². The summed E-state index contributed by atoms with van der Waals surface area (Å²) < 4.78 is 0. The van der Waals surface area contributed by atoms with Crippen molar-refractivity contribution in [3.05, 3.63) is 0 Å². The minimum absolute atomic E-state index is 0.0277. The number of rotatable bonds is 7. The molecule has 19 heavy (non-hydrogen) atoms. The van der Waals surface area contributed by atoms with Gasteiger partial charge in [-0.3, -0.25) is 15.0 Å². The van der Waals surface area contributed by atoms with Crippen LogP contribution in [-0.2, 0) is 9.59 Å². The van der Waals surface area contributed by atoms with Crippen molar-refractivity contribution >= 4 is 11.9 Å². The Morgan fingerprint density at radius 3 is 2.74 bits per heavy atom. The SMILES string of the molecule is NC[C@H](O)C[C@@H](N)CC(=O)NN1CCC[C@@H]1C(=O)O. The van der Waals surface area contributed by atoms with Gasteiger partial charge in [0.15, 0.2) is 0 Å². The molecule has 8 heteroatoms. The first-order valence-corrected chi connectivity index (χ1v) is 6.36. The van der Waals surface area contributed by atoms with Crippen molar-refractivity contribution in [1.82, 2.24) is 10.4 Å². The van der Waals surface area contributed by atoms with Crippen LogP contribution in [0.1, 0.15) is 25.7 Å². The highest BCUT2D eigenvalue weighted by Crippen LogP contribution is 2.14. The van der Waals surface area contributed by atoms with Gasteiger partial charge in [-0.1, -0.05) is 0 Å². The number of nitrogens with one attached hydrogen (secondary N) is 1. The Morgan fingerprint density at radius 1 is 1.47 bits per heavy atom. The number of hydrogen-bond donors (Lipinski definition) is 5. The molecule has 1 heterocycles. The van der Waals surface area contributed by atoms with Crippen LogP contribution in [0.25, 0.3) is 0 Å². The molecule has 0 saturated carbocycles. The normalized spacial score (nSPS) is 23.0. The Morgan fingerprint density at radius 2 is 2.16 bits per heavy atom. The number of amides is 1. The molecule has 0 spiro atoms. The summed E-state index contributed by atoms with van der Waals surface area (Å²) in [4.78, 5) is 22.6. The molecule has 1 rings (SSSR count). The number of carboxylic acids is 1. The number of carbonyl (C=O) groups is 2. The average Bonchev–Trinajstić information content (AvgIpc) is 2.76. The van der Waals surface area contributed by atoms with E-state index in [0.29, 0.717) is 13.0 Å². The van der Waals surface area contributed by atoms with Crippen molar-refractivity contribution in [3.8, 4) is 0 Å². The molecule has 0 unspecified atom stereocenters. The first-order valence-electron chi connectivity index (χ1n) is 6.36. The van der Waals surface area contributed by atoms with Crippen LogP contribution in [0.5, 0.6) is 0 Å². The van der Waals surface area contributed by atoms with Gasteiger partial charge in [0, 0.05) is 25.6 Å². The molecule has 1 fully saturated rings. The molecule has 1 aliphatic rings. The second-order valence-electron chi connectivity index (χ2n) is 4.81. The first-order chi connectivity index (χ1) is 8.93. The number of aliphatic hydroxyl groups excluding tert-OH is 1. The highest BCUT2D eigenvalue weighted by atomic mass is 16.4. The van der Waals surface area contributed by atoms with Crippen molar-refractivity contribution in [2.45, 2.75) is 43.9 Å². The van der Waals surface area contributed by atoms with Crippen molar-refractivity contribution < 1.29 is 19.8 Å². The van der Waals surface area contributed by atoms with E-state index in [0.717, 1.165) is 6.42 Å². The zero-order valence-electron chi connectivity index (χ0n) is 10.8. The molecule has 1 amide bonds. The number of aliphatic hydroxyl groups is 1. The minimum Gasteiger partial charge on any atom is -0.480 e. The molecule has 0 aromatic heterocycles. The summed E-state index contributed by atoms with van der Waals surface area (Å²) in [6, 6.07) is -1.17. The van der Waals surface area contributed by atoms with Crippen LogP contribution in [0.4, 0.5) is 0 Å². The van der Waals surface area contributed by atoms with Crippen LogP contribution < -0.4 is 16.9 Å². The van der Waals surface area contributed by atoms with E-state index in [1.54, 1.807) is 0 Å². The number of carboxylic acid groups (broad SMARTS) is 1. The lowest BCUT2D eigenvalue weighted by Crippen LogP contribution is -2.49. The van der Waals surface area contributed by atoms with E-state index in [-0.39, 0.29) is 25.3 Å². The van der Waals surface area contributed by atoms with Crippen LogP contribution >= 0.6 is 0 Å². The van der Waals surface area contributed by atoms with E-state index in [2.05, 4.69) is 5.43 Å². The van der Waals surface area contributed by atoms with Gasteiger partial charge in [-0.2, -0.15) is 0 Å². The predicted octanol–water partition coefficient (Wildman–Crippen LogP) is -2.01. The summed E-state index contributed by atoms with van der Waals surface area (Å²) >= 11 is 0. The van der Waals surface area contributed by atoms with Crippen molar-refractivity contribution in [2.24, 2.45) is 11.5 Å². The maximum atomic E-state index is 11.7. The van der Waals surface area contributed by atoms with Gasteiger partial charge in [-0.05, 0) is 19.3 Å². The van der Waals surface area contributed by atoms with E-state index >= 15 is 0 Å². The predicted molar refractivity (Wildman–Crippen MR) is 67.8 cm³/mol. The number of nitrogens with zero attached hydrogens (tertiary/aromatic N) is 1. The van der Waals surface area contributed by atoms with Gasteiger partial charge in [0.1, 0.15) is 6.04 Å². The third-order valence-corrected chi connectivity index (χ3v) is 3.10. The molecule has 3 atom stereocenters. The van der Waals surface area contributed by atoms with Gasteiger partial charge in [0.05, 0.1) is 6.10 Å². The molecule has 8 nitrogen and oxygen atoms in total. The minimum atomic E-state index is -0.944. The van der Waals surface area contributed by atoms with Gasteiger partial charge in [0.2, 0.25) is 5.91 Å². The summed E-state index contributed by atoms with van der Waals surface area (Å²) in [5, 5.41) is 19.7. The number of nitrogens with two attached hydrogens (primary N) is 2. The summed E-state index contributed by atoms with van der Waals surface area (Å²) in [6.07, 6.45) is 0.802. The molecule has 7 N–H and O–H groups in total. The molecule has 1 aliphatic heterocycles. The molecular formula is C11H22N4O4. The largest absolute Gasteiger partial charge is 0.480 e. The molecule has 0 radical (unpaired) electrons. The molecule has 0 bridgehead atoms. The van der Waals surface area contributed by atoms with Crippen LogP contribution in [0, 0.1) is 0 Å². The highest BCUT2D eigenvalue weighted by Gasteiger charge is 2.31. The van der Waals surface area contributed by atoms with Crippen molar-refractivity contribution in [3.63, 3.8) is 0 Å². The lowest BCUT2D eigenvalue weighted by Gasteiger charge is -2.23. The third kappa shape index (κ3) is 5.11. The van der Waals surface area contributed by atoms with E-state index < -0.39 is 24.2 Å². The fourth-order valence-electron chi connectivity index (χ4n) is 2.13. The topological polar surface area (TPSA) is 142 Å². The number of hydrogen-bond acceptors (Lipinski definition) is 6. The fourth-order valence-corrected chi connectivity index (χ4v) is 2.13. The van der Waals surface area contributed by atoms with Crippen LogP contribution in [0.15, 0.2) is 0 Å². The zero-order valence-corrected chi connectivity index (χ0v) is 10.8. The monoisotopic (exact) mass is 274 g/mol. The highest BCUT2D eigenvalue weighted by molar-refractivity contribution is 5.78. The Kier molecular flexibility index (Phi) is 6.16. The van der Waals surface area contributed by atoms with Crippen LogP contribution in [0.3, 0.4) is 0 Å². The molecule has 0 aromatic rings. The number of hydrazine groups is 1. The quantitative estimate of drug-likeness (QED) is 0.361. The van der Waals surface area contributed by atoms with Gasteiger partial charge in [-0.15, -0.1) is 0 Å². The second-order valence-corrected chi connectivity index (χ2v) is 4.81. The Labute approximate surface area is 111 Å². The molecule has 110 valence electrons. The van der Waals surface area contributed by atoms with Crippen molar-refractivity contribution in [2.75, 3.05) is 13.1 Å². The summed E-state index contributed by atoms with van der Waals surface area (Å²) in [5.74, 6) is -1.29. The number of aliphatic carboxylic acids is 1. The first kappa shape index (κ1) is 15.8. The smallest absolute Gasteiger partial charge is 0.322 e. The number of carbonyl (C=O) groups excluding carboxylic acids is 1. The Balaban J connectivity index is 2.36. The Hall–Kier alpha value is -1.22.